The molecule has 7 heteroatoms. The average Bonchev–Trinajstić information content (AvgIpc) is 2.76. The number of nitrogens with zero attached hydrogens (tertiary/aromatic N) is 2. The Morgan fingerprint density at radius 1 is 1.50 bits per heavy atom. The maximum Gasteiger partial charge on any atom is 0.433 e. The van der Waals surface area contributed by atoms with Crippen molar-refractivity contribution in [2.75, 3.05) is 30.3 Å². The standard InChI is InChI=1S/C11H14F3N3O/c12-11(13,14)10-3-9(8(15)4-16-10)17-2-1-7(5-17)6-18/h3-4,7,18H,1-2,5-6,15H2. The van der Waals surface area contributed by atoms with Crippen LogP contribution in [-0.4, -0.2) is 29.8 Å². The van der Waals surface area contributed by atoms with Gasteiger partial charge in [-0.2, -0.15) is 13.2 Å². The van der Waals surface area contributed by atoms with Crippen LogP contribution in [0, 0.1) is 5.92 Å². The summed E-state index contributed by atoms with van der Waals surface area (Å²) in [6.45, 7) is 1.15. The number of aromatic nitrogens is 1. The fraction of sp³-hybridized carbons (Fsp3) is 0.545. The maximum atomic E-state index is 12.6. The fourth-order valence-corrected chi connectivity index (χ4v) is 2.08. The van der Waals surface area contributed by atoms with Crippen LogP contribution >= 0.6 is 0 Å². The molecule has 1 saturated heterocycles. The fourth-order valence-electron chi connectivity index (χ4n) is 2.08. The topological polar surface area (TPSA) is 62.4 Å². The van der Waals surface area contributed by atoms with E-state index in [1.807, 2.05) is 0 Å². The number of alkyl halides is 3. The highest BCUT2D eigenvalue weighted by atomic mass is 19.4. The van der Waals surface area contributed by atoms with Gasteiger partial charge in [0.05, 0.1) is 17.6 Å². The molecule has 1 aliphatic rings. The van der Waals surface area contributed by atoms with E-state index < -0.39 is 11.9 Å². The minimum Gasteiger partial charge on any atom is -0.396 e. The van der Waals surface area contributed by atoms with E-state index in [1.165, 1.54) is 0 Å². The molecule has 1 aromatic rings. The molecule has 0 radical (unpaired) electrons. The van der Waals surface area contributed by atoms with Crippen LogP contribution in [0.1, 0.15) is 12.1 Å². The smallest absolute Gasteiger partial charge is 0.396 e. The highest BCUT2D eigenvalue weighted by molar-refractivity contribution is 5.67. The Balaban J connectivity index is 2.27. The maximum absolute atomic E-state index is 12.6. The summed E-state index contributed by atoms with van der Waals surface area (Å²) >= 11 is 0. The number of halogens is 3. The van der Waals surface area contributed by atoms with Crippen molar-refractivity contribution in [3.05, 3.63) is 18.0 Å². The second kappa shape index (κ2) is 4.64. The van der Waals surface area contributed by atoms with Gasteiger partial charge in [-0.3, -0.25) is 0 Å². The summed E-state index contributed by atoms with van der Waals surface area (Å²) < 4.78 is 37.7. The molecule has 4 nitrogen and oxygen atoms in total. The Morgan fingerprint density at radius 3 is 2.78 bits per heavy atom. The van der Waals surface area contributed by atoms with Crippen LogP contribution in [0.2, 0.25) is 0 Å². The minimum atomic E-state index is -4.47. The van der Waals surface area contributed by atoms with Crippen LogP contribution < -0.4 is 10.6 Å². The van der Waals surface area contributed by atoms with Gasteiger partial charge in [-0.15, -0.1) is 0 Å². The van der Waals surface area contributed by atoms with Crippen LogP contribution in [0.25, 0.3) is 0 Å². The summed E-state index contributed by atoms with van der Waals surface area (Å²) in [7, 11) is 0. The monoisotopic (exact) mass is 261 g/mol. The molecule has 3 N–H and O–H groups in total. The lowest BCUT2D eigenvalue weighted by Gasteiger charge is -2.21. The van der Waals surface area contributed by atoms with Crippen molar-refractivity contribution in [1.82, 2.24) is 4.98 Å². The molecule has 0 bridgehead atoms. The van der Waals surface area contributed by atoms with Gasteiger partial charge in [-0.25, -0.2) is 4.98 Å². The number of hydrogen-bond donors (Lipinski definition) is 2. The molecule has 0 aromatic carbocycles. The van der Waals surface area contributed by atoms with E-state index in [9.17, 15) is 13.2 Å². The number of rotatable bonds is 2. The molecule has 18 heavy (non-hydrogen) atoms. The second-order valence-electron chi connectivity index (χ2n) is 4.41. The van der Waals surface area contributed by atoms with Crippen molar-refractivity contribution >= 4 is 11.4 Å². The summed E-state index contributed by atoms with van der Waals surface area (Å²) in [6.07, 6.45) is -2.69. The van der Waals surface area contributed by atoms with Crippen molar-refractivity contribution in [1.29, 1.82) is 0 Å². The van der Waals surface area contributed by atoms with Crippen molar-refractivity contribution in [2.24, 2.45) is 5.92 Å². The summed E-state index contributed by atoms with van der Waals surface area (Å²) in [5.74, 6) is 0.0897. The molecular formula is C11H14F3N3O. The summed E-state index contributed by atoms with van der Waals surface area (Å²) in [6, 6.07) is 0.967. The first kappa shape index (κ1) is 12.9. The Hall–Kier alpha value is -1.50. The van der Waals surface area contributed by atoms with Gasteiger partial charge in [0.25, 0.3) is 0 Å². The van der Waals surface area contributed by atoms with Gasteiger partial charge in [0.1, 0.15) is 5.69 Å². The summed E-state index contributed by atoms with van der Waals surface area (Å²) in [5.41, 5.74) is 5.28. The highest BCUT2D eigenvalue weighted by Crippen LogP contribution is 2.34. The van der Waals surface area contributed by atoms with E-state index in [2.05, 4.69) is 4.98 Å². The van der Waals surface area contributed by atoms with E-state index in [1.54, 1.807) is 4.90 Å². The van der Waals surface area contributed by atoms with Crippen molar-refractivity contribution in [2.45, 2.75) is 12.6 Å². The number of aliphatic hydroxyl groups excluding tert-OH is 1. The number of nitrogen functional groups attached to an aromatic ring is 1. The van der Waals surface area contributed by atoms with Gasteiger partial charge >= 0.3 is 6.18 Å². The zero-order valence-electron chi connectivity index (χ0n) is 9.61. The summed E-state index contributed by atoms with van der Waals surface area (Å²) in [4.78, 5) is 5.05. The molecule has 0 aliphatic carbocycles. The molecule has 100 valence electrons. The molecule has 1 unspecified atom stereocenters. The number of aliphatic hydroxyl groups is 1. The van der Waals surface area contributed by atoms with E-state index in [0.717, 1.165) is 18.7 Å². The molecular weight excluding hydrogens is 247 g/mol. The third kappa shape index (κ3) is 2.50. The zero-order valence-corrected chi connectivity index (χ0v) is 9.61. The van der Waals surface area contributed by atoms with Crippen LogP contribution in [0.3, 0.4) is 0 Å². The lowest BCUT2D eigenvalue weighted by Crippen LogP contribution is -2.23. The molecule has 0 amide bonds. The number of pyridine rings is 1. The van der Waals surface area contributed by atoms with Crippen LogP contribution in [-0.2, 0) is 6.18 Å². The van der Waals surface area contributed by atoms with Gasteiger partial charge in [-0.1, -0.05) is 0 Å². The number of anilines is 2. The number of nitrogens with two attached hydrogens (primary N) is 1. The third-order valence-electron chi connectivity index (χ3n) is 3.09. The quantitative estimate of drug-likeness (QED) is 0.847. The first-order valence-electron chi connectivity index (χ1n) is 5.60. The predicted octanol–water partition coefficient (Wildman–Crippen LogP) is 1.50. The Morgan fingerprint density at radius 2 is 2.22 bits per heavy atom. The van der Waals surface area contributed by atoms with Crippen molar-refractivity contribution in [3.63, 3.8) is 0 Å². The SMILES string of the molecule is Nc1cnc(C(F)(F)F)cc1N1CCC(CO)C1. The molecule has 2 heterocycles. The lowest BCUT2D eigenvalue weighted by atomic mass is 10.1. The van der Waals surface area contributed by atoms with Crippen molar-refractivity contribution in [3.8, 4) is 0 Å². The second-order valence-corrected chi connectivity index (χ2v) is 4.41. The minimum absolute atomic E-state index is 0.0353. The van der Waals surface area contributed by atoms with Gasteiger partial charge in [0.15, 0.2) is 0 Å². The van der Waals surface area contributed by atoms with E-state index in [4.69, 9.17) is 10.8 Å². The van der Waals surface area contributed by atoms with Crippen LogP contribution in [0.15, 0.2) is 12.3 Å². The Labute approximate surface area is 102 Å². The lowest BCUT2D eigenvalue weighted by molar-refractivity contribution is -0.141. The zero-order chi connectivity index (χ0) is 13.3. The molecule has 1 atom stereocenters. The van der Waals surface area contributed by atoms with Crippen LogP contribution in [0.4, 0.5) is 24.5 Å². The first-order chi connectivity index (χ1) is 8.41. The third-order valence-corrected chi connectivity index (χ3v) is 3.09. The predicted molar refractivity (Wildman–Crippen MR) is 61.1 cm³/mol. The van der Waals surface area contributed by atoms with Gasteiger partial charge < -0.3 is 15.7 Å². The average molecular weight is 261 g/mol. The molecule has 1 fully saturated rings. The molecule has 2 rings (SSSR count). The van der Waals surface area contributed by atoms with Crippen molar-refractivity contribution < 1.29 is 18.3 Å². The highest BCUT2D eigenvalue weighted by Gasteiger charge is 2.34. The molecule has 1 aliphatic heterocycles. The van der Waals surface area contributed by atoms with Gasteiger partial charge in [0, 0.05) is 25.6 Å². The molecule has 0 saturated carbocycles. The van der Waals surface area contributed by atoms with Gasteiger partial charge in [-0.05, 0) is 12.5 Å². The number of hydrogen-bond acceptors (Lipinski definition) is 4. The molecule has 0 spiro atoms. The van der Waals surface area contributed by atoms with E-state index in [-0.39, 0.29) is 18.2 Å². The van der Waals surface area contributed by atoms with E-state index in [0.29, 0.717) is 18.8 Å². The first-order valence-corrected chi connectivity index (χ1v) is 5.60. The summed E-state index contributed by atoms with van der Waals surface area (Å²) in [5, 5.41) is 9.03. The Kier molecular flexibility index (Phi) is 3.34. The largest absolute Gasteiger partial charge is 0.433 e. The Bertz CT molecular complexity index is 436. The van der Waals surface area contributed by atoms with Crippen LogP contribution in [0.5, 0.6) is 0 Å². The van der Waals surface area contributed by atoms with E-state index >= 15 is 0 Å². The van der Waals surface area contributed by atoms with Gasteiger partial charge in [0.2, 0.25) is 0 Å². The molecule has 1 aromatic heterocycles. The normalized spacial score (nSPS) is 20.4.